The number of hydrogen-bond acceptors (Lipinski definition) is 3. The van der Waals surface area contributed by atoms with E-state index in [1.807, 2.05) is 11.3 Å². The second-order valence-electron chi connectivity index (χ2n) is 3.73. The van der Waals surface area contributed by atoms with Crippen molar-refractivity contribution in [2.24, 2.45) is 0 Å². The highest BCUT2D eigenvalue weighted by Crippen LogP contribution is 2.23. The van der Waals surface area contributed by atoms with E-state index in [2.05, 4.69) is 45.2 Å². The van der Waals surface area contributed by atoms with Crippen LogP contribution in [0.3, 0.4) is 0 Å². The maximum Gasteiger partial charge on any atom is 0.0701 e. The number of rotatable bonds is 2. The Morgan fingerprint density at radius 3 is 3.14 bits per heavy atom. The van der Waals surface area contributed by atoms with Gasteiger partial charge in [0, 0.05) is 37.1 Å². The van der Waals surface area contributed by atoms with Gasteiger partial charge in [0.25, 0.3) is 0 Å². The summed E-state index contributed by atoms with van der Waals surface area (Å²) in [7, 11) is 0. The summed E-state index contributed by atoms with van der Waals surface area (Å²) in [4.78, 5) is 3.99. The smallest absolute Gasteiger partial charge is 0.0701 e. The van der Waals surface area contributed by atoms with Crippen molar-refractivity contribution in [2.45, 2.75) is 19.5 Å². The maximum absolute atomic E-state index is 3.50. The largest absolute Gasteiger partial charge is 0.314 e. The van der Waals surface area contributed by atoms with E-state index in [1.54, 1.807) is 0 Å². The topological polar surface area (TPSA) is 15.3 Å². The van der Waals surface area contributed by atoms with Gasteiger partial charge in [-0.05, 0) is 35.0 Å². The van der Waals surface area contributed by atoms with Crippen LogP contribution in [0.25, 0.3) is 0 Å². The Morgan fingerprint density at radius 2 is 2.50 bits per heavy atom. The third-order valence-electron chi connectivity index (χ3n) is 2.63. The van der Waals surface area contributed by atoms with Crippen LogP contribution >= 0.6 is 27.3 Å². The van der Waals surface area contributed by atoms with Crippen molar-refractivity contribution in [3.05, 3.63) is 20.8 Å². The Hall–Kier alpha value is 0.1000. The van der Waals surface area contributed by atoms with Crippen molar-refractivity contribution < 1.29 is 0 Å². The number of halogens is 1. The predicted octanol–water partition coefficient (Wildman–Crippen LogP) is 2.30. The molecule has 1 aromatic heterocycles. The zero-order valence-corrected chi connectivity index (χ0v) is 10.7. The van der Waals surface area contributed by atoms with Crippen LogP contribution in [0, 0.1) is 0 Å². The van der Waals surface area contributed by atoms with Crippen molar-refractivity contribution in [3.63, 3.8) is 0 Å². The van der Waals surface area contributed by atoms with E-state index < -0.39 is 0 Å². The monoisotopic (exact) mass is 274 g/mol. The Bertz CT molecular complexity index is 300. The molecule has 0 bridgehead atoms. The highest BCUT2D eigenvalue weighted by molar-refractivity contribution is 9.11. The number of nitrogens with one attached hydrogen (secondary N) is 1. The van der Waals surface area contributed by atoms with Crippen LogP contribution in [-0.2, 0) is 6.54 Å². The molecular formula is C10H15BrN2S. The molecule has 1 aromatic rings. The van der Waals surface area contributed by atoms with E-state index in [-0.39, 0.29) is 0 Å². The van der Waals surface area contributed by atoms with Crippen molar-refractivity contribution >= 4 is 27.3 Å². The van der Waals surface area contributed by atoms with E-state index in [0.717, 1.165) is 26.2 Å². The molecule has 1 fully saturated rings. The van der Waals surface area contributed by atoms with Gasteiger partial charge in [0.2, 0.25) is 0 Å². The molecule has 1 aliphatic rings. The molecular weight excluding hydrogens is 260 g/mol. The molecule has 1 aliphatic heterocycles. The summed E-state index contributed by atoms with van der Waals surface area (Å²) in [6, 6.07) is 5.00. The fourth-order valence-corrected chi connectivity index (χ4v) is 3.26. The van der Waals surface area contributed by atoms with Crippen molar-refractivity contribution in [1.82, 2.24) is 10.2 Å². The number of piperazine rings is 1. The number of nitrogens with zero attached hydrogens (tertiary/aromatic N) is 1. The zero-order chi connectivity index (χ0) is 9.97. The molecule has 2 rings (SSSR count). The summed E-state index contributed by atoms with van der Waals surface area (Å²) in [5.74, 6) is 0. The first-order valence-corrected chi connectivity index (χ1v) is 6.55. The van der Waals surface area contributed by atoms with Gasteiger partial charge in [0.15, 0.2) is 0 Å². The lowest BCUT2D eigenvalue weighted by molar-refractivity contribution is 0.167. The number of thiophene rings is 1. The Balaban J connectivity index is 1.95. The zero-order valence-electron chi connectivity index (χ0n) is 8.29. The van der Waals surface area contributed by atoms with E-state index >= 15 is 0 Å². The molecule has 0 saturated carbocycles. The van der Waals surface area contributed by atoms with E-state index in [9.17, 15) is 0 Å². The molecule has 78 valence electrons. The molecule has 14 heavy (non-hydrogen) atoms. The summed E-state index contributed by atoms with van der Waals surface area (Å²) in [6.07, 6.45) is 0. The fraction of sp³-hybridized carbons (Fsp3) is 0.600. The standard InChI is InChI=1S/C10H15BrN2S/c1-8-6-12-4-5-13(8)7-9-2-3-10(11)14-9/h2-3,8,12H,4-7H2,1H3. The maximum atomic E-state index is 3.50. The Labute approximate surface area is 97.4 Å². The van der Waals surface area contributed by atoms with Crippen LogP contribution in [-0.4, -0.2) is 30.6 Å². The van der Waals surface area contributed by atoms with E-state index in [1.165, 1.54) is 8.66 Å². The lowest BCUT2D eigenvalue weighted by Gasteiger charge is -2.33. The summed E-state index contributed by atoms with van der Waals surface area (Å²) < 4.78 is 1.23. The van der Waals surface area contributed by atoms with Crippen LogP contribution in [0.5, 0.6) is 0 Å². The van der Waals surface area contributed by atoms with Crippen molar-refractivity contribution in [1.29, 1.82) is 0 Å². The van der Waals surface area contributed by atoms with Crippen LogP contribution < -0.4 is 5.32 Å². The van der Waals surface area contributed by atoms with E-state index in [4.69, 9.17) is 0 Å². The Kier molecular flexibility index (Phi) is 3.60. The molecule has 0 aliphatic carbocycles. The predicted molar refractivity (Wildman–Crippen MR) is 64.8 cm³/mol. The van der Waals surface area contributed by atoms with Crippen LogP contribution in [0.15, 0.2) is 15.9 Å². The molecule has 0 aromatic carbocycles. The van der Waals surface area contributed by atoms with Crippen LogP contribution in [0.1, 0.15) is 11.8 Å². The minimum Gasteiger partial charge on any atom is -0.314 e. The summed E-state index contributed by atoms with van der Waals surface area (Å²) in [6.45, 7) is 6.79. The average Bonchev–Trinajstić information content (AvgIpc) is 2.56. The molecule has 0 spiro atoms. The average molecular weight is 275 g/mol. The number of hydrogen-bond donors (Lipinski definition) is 1. The first kappa shape index (κ1) is 10.6. The van der Waals surface area contributed by atoms with Gasteiger partial charge in [-0.3, -0.25) is 4.90 Å². The van der Waals surface area contributed by atoms with Crippen LogP contribution in [0.2, 0.25) is 0 Å². The SMILES string of the molecule is CC1CNCCN1Cc1ccc(Br)s1. The Morgan fingerprint density at radius 1 is 1.64 bits per heavy atom. The van der Waals surface area contributed by atoms with Gasteiger partial charge < -0.3 is 5.32 Å². The normalized spacial score (nSPS) is 24.0. The van der Waals surface area contributed by atoms with E-state index in [0.29, 0.717) is 6.04 Å². The molecule has 2 heterocycles. The van der Waals surface area contributed by atoms with Gasteiger partial charge in [-0.25, -0.2) is 0 Å². The molecule has 0 amide bonds. The van der Waals surface area contributed by atoms with Gasteiger partial charge in [-0.2, -0.15) is 0 Å². The minimum atomic E-state index is 0.657. The van der Waals surface area contributed by atoms with Crippen molar-refractivity contribution in [3.8, 4) is 0 Å². The van der Waals surface area contributed by atoms with Gasteiger partial charge >= 0.3 is 0 Å². The highest BCUT2D eigenvalue weighted by Gasteiger charge is 2.18. The highest BCUT2D eigenvalue weighted by atomic mass is 79.9. The lowest BCUT2D eigenvalue weighted by atomic mass is 10.2. The second-order valence-corrected chi connectivity index (χ2v) is 6.28. The van der Waals surface area contributed by atoms with Gasteiger partial charge in [-0.1, -0.05) is 0 Å². The van der Waals surface area contributed by atoms with Gasteiger partial charge in [0.1, 0.15) is 0 Å². The first-order valence-electron chi connectivity index (χ1n) is 4.94. The van der Waals surface area contributed by atoms with Crippen molar-refractivity contribution in [2.75, 3.05) is 19.6 Å². The first-order chi connectivity index (χ1) is 6.75. The van der Waals surface area contributed by atoms with Gasteiger partial charge in [0.05, 0.1) is 3.79 Å². The molecule has 1 N–H and O–H groups in total. The molecule has 1 saturated heterocycles. The third kappa shape index (κ3) is 2.57. The third-order valence-corrected chi connectivity index (χ3v) is 4.24. The second kappa shape index (κ2) is 4.75. The molecule has 0 radical (unpaired) electrons. The van der Waals surface area contributed by atoms with Gasteiger partial charge in [-0.15, -0.1) is 11.3 Å². The summed E-state index contributed by atoms with van der Waals surface area (Å²) in [5.41, 5.74) is 0. The summed E-state index contributed by atoms with van der Waals surface area (Å²) in [5, 5.41) is 3.41. The summed E-state index contributed by atoms with van der Waals surface area (Å²) >= 11 is 5.34. The molecule has 1 unspecified atom stereocenters. The fourth-order valence-electron chi connectivity index (χ4n) is 1.75. The van der Waals surface area contributed by atoms with Crippen LogP contribution in [0.4, 0.5) is 0 Å². The minimum absolute atomic E-state index is 0.657. The molecule has 2 nitrogen and oxygen atoms in total. The molecule has 1 atom stereocenters. The molecule has 4 heteroatoms. The lowest BCUT2D eigenvalue weighted by Crippen LogP contribution is -2.49. The quantitative estimate of drug-likeness (QED) is 0.891.